The fourth-order valence-electron chi connectivity index (χ4n) is 4.19. The van der Waals surface area contributed by atoms with E-state index in [9.17, 15) is 14.7 Å². The van der Waals surface area contributed by atoms with Crippen LogP contribution in [-0.2, 0) is 11.2 Å². The smallest absolute Gasteiger partial charge is 0.310 e. The quantitative estimate of drug-likeness (QED) is 0.622. The Balaban J connectivity index is 1.69. The molecule has 0 amide bonds. The van der Waals surface area contributed by atoms with E-state index in [0.717, 1.165) is 6.42 Å². The van der Waals surface area contributed by atoms with Gasteiger partial charge in [0.1, 0.15) is 0 Å². The van der Waals surface area contributed by atoms with E-state index >= 15 is 0 Å². The van der Waals surface area contributed by atoms with E-state index in [1.165, 1.54) is 11.1 Å². The summed E-state index contributed by atoms with van der Waals surface area (Å²) in [5.74, 6) is 0.334. The van der Waals surface area contributed by atoms with Crippen molar-refractivity contribution in [3.8, 4) is 11.5 Å². The van der Waals surface area contributed by atoms with Gasteiger partial charge < -0.3 is 14.6 Å². The number of Topliss-reactive ketones (excluding diaryl/α,β-unsaturated/α-hetero) is 1. The number of carbonyl (C=O) groups is 2. The third-order valence-corrected chi connectivity index (χ3v) is 5.65. The van der Waals surface area contributed by atoms with Gasteiger partial charge in [-0.1, -0.05) is 36.8 Å². The number of ether oxygens (including phenoxy) is 2. The van der Waals surface area contributed by atoms with Crippen LogP contribution in [0.5, 0.6) is 11.5 Å². The third-order valence-electron chi connectivity index (χ3n) is 5.65. The van der Waals surface area contributed by atoms with E-state index < -0.39 is 11.4 Å². The molecule has 0 radical (unpaired) electrons. The first-order chi connectivity index (χ1) is 13.8. The summed E-state index contributed by atoms with van der Waals surface area (Å²) < 4.78 is 11.3. The van der Waals surface area contributed by atoms with Gasteiger partial charge in [0.15, 0.2) is 17.3 Å². The first-order valence-corrected chi connectivity index (χ1v) is 9.96. The van der Waals surface area contributed by atoms with Crippen molar-refractivity contribution in [1.29, 1.82) is 0 Å². The summed E-state index contributed by atoms with van der Waals surface area (Å²) in [4.78, 5) is 24.5. The van der Waals surface area contributed by atoms with Crippen molar-refractivity contribution in [1.82, 2.24) is 0 Å². The van der Waals surface area contributed by atoms with Gasteiger partial charge in [-0.05, 0) is 49.4 Å². The molecule has 0 saturated heterocycles. The summed E-state index contributed by atoms with van der Waals surface area (Å²) in [6.07, 6.45) is 1.85. The highest BCUT2D eigenvalue weighted by atomic mass is 16.5. The third kappa shape index (κ3) is 4.78. The molecule has 1 fully saturated rings. The number of benzene rings is 2. The molecule has 2 aromatic rings. The molecule has 1 aliphatic carbocycles. The van der Waals surface area contributed by atoms with Gasteiger partial charge in [0.2, 0.25) is 0 Å². The van der Waals surface area contributed by atoms with E-state index in [0.29, 0.717) is 42.4 Å². The second-order valence-electron chi connectivity index (χ2n) is 8.15. The maximum absolute atomic E-state index is 12.8. The minimum Gasteiger partial charge on any atom is -0.493 e. The molecule has 3 rings (SSSR count). The van der Waals surface area contributed by atoms with Crippen molar-refractivity contribution >= 4 is 11.8 Å². The van der Waals surface area contributed by atoms with Gasteiger partial charge in [-0.25, -0.2) is 0 Å². The zero-order valence-corrected chi connectivity index (χ0v) is 17.2. The average Bonchev–Trinajstić information content (AvgIpc) is 2.66. The summed E-state index contributed by atoms with van der Waals surface area (Å²) in [7, 11) is 1.55. The van der Waals surface area contributed by atoms with E-state index in [2.05, 4.69) is 25.1 Å². The van der Waals surface area contributed by atoms with Crippen LogP contribution in [0.2, 0.25) is 0 Å². The molecule has 0 spiro atoms. The second-order valence-corrected chi connectivity index (χ2v) is 8.15. The van der Waals surface area contributed by atoms with Crippen molar-refractivity contribution in [2.24, 2.45) is 11.3 Å². The second kappa shape index (κ2) is 8.68. The molecule has 0 unspecified atom stereocenters. The molecule has 0 heterocycles. The number of aryl methyl sites for hydroxylation is 1. The highest BCUT2D eigenvalue weighted by Gasteiger charge is 2.49. The lowest BCUT2D eigenvalue weighted by atomic mass is 9.60. The van der Waals surface area contributed by atoms with Crippen LogP contribution in [-0.4, -0.2) is 30.6 Å². The summed E-state index contributed by atoms with van der Waals surface area (Å²) >= 11 is 0. The van der Waals surface area contributed by atoms with Crippen LogP contribution in [0.1, 0.15) is 47.7 Å². The molecule has 154 valence electrons. The molecule has 1 saturated carbocycles. The Bertz CT molecular complexity index is 896. The van der Waals surface area contributed by atoms with Gasteiger partial charge in [0.25, 0.3) is 0 Å². The first kappa shape index (κ1) is 20.9. The summed E-state index contributed by atoms with van der Waals surface area (Å²) in [6.45, 7) is 4.52. The van der Waals surface area contributed by atoms with Gasteiger partial charge in [-0.15, -0.1) is 0 Å². The molecule has 0 bridgehead atoms. The van der Waals surface area contributed by atoms with Crippen molar-refractivity contribution in [3.63, 3.8) is 0 Å². The molecule has 5 heteroatoms. The van der Waals surface area contributed by atoms with Crippen molar-refractivity contribution < 1.29 is 24.2 Å². The summed E-state index contributed by atoms with van der Waals surface area (Å²) in [5.41, 5.74) is 1.91. The minimum absolute atomic E-state index is 0.0156. The Labute approximate surface area is 171 Å². The molecule has 5 nitrogen and oxygen atoms in total. The van der Waals surface area contributed by atoms with E-state index in [4.69, 9.17) is 9.47 Å². The van der Waals surface area contributed by atoms with Gasteiger partial charge in [0, 0.05) is 18.4 Å². The van der Waals surface area contributed by atoms with Gasteiger partial charge in [-0.2, -0.15) is 0 Å². The predicted molar refractivity (Wildman–Crippen MR) is 111 cm³/mol. The molecular formula is C24H28O5. The van der Waals surface area contributed by atoms with Crippen LogP contribution in [0, 0.1) is 18.3 Å². The lowest BCUT2D eigenvalue weighted by Crippen LogP contribution is -2.44. The molecule has 0 aromatic heterocycles. The Morgan fingerprint density at radius 3 is 2.52 bits per heavy atom. The number of methoxy groups -OCH3 is 1. The topological polar surface area (TPSA) is 72.8 Å². The van der Waals surface area contributed by atoms with Gasteiger partial charge in [0.05, 0.1) is 19.1 Å². The van der Waals surface area contributed by atoms with Crippen LogP contribution >= 0.6 is 0 Å². The lowest BCUT2D eigenvalue weighted by molar-refractivity contribution is -0.157. The van der Waals surface area contributed by atoms with Crippen molar-refractivity contribution in [2.45, 2.75) is 39.5 Å². The number of carbonyl (C=O) groups excluding carboxylic acids is 1. The maximum atomic E-state index is 12.8. The van der Waals surface area contributed by atoms with Gasteiger partial charge in [-0.3, -0.25) is 9.59 Å². The van der Waals surface area contributed by atoms with Crippen LogP contribution in [0.4, 0.5) is 0 Å². The SMILES string of the molecule is COc1ccc(C(=O)CC2(C(=O)O)CC(C)C2)cc1OCCc1cccc(C)c1. The summed E-state index contributed by atoms with van der Waals surface area (Å²) in [6, 6.07) is 13.3. The van der Waals surface area contributed by atoms with Crippen LogP contribution in [0.3, 0.4) is 0 Å². The monoisotopic (exact) mass is 396 g/mol. The number of rotatable bonds is 9. The van der Waals surface area contributed by atoms with E-state index in [1.807, 2.05) is 13.0 Å². The minimum atomic E-state index is -0.928. The maximum Gasteiger partial charge on any atom is 0.310 e. The standard InChI is InChI=1S/C24H28O5/c1-16-5-4-6-18(11-16)9-10-29-22-12-19(7-8-21(22)28-3)20(25)15-24(23(26)27)13-17(2)14-24/h4-8,11-12,17H,9-10,13-15H2,1-3H3,(H,26,27). The Morgan fingerprint density at radius 2 is 1.90 bits per heavy atom. The number of carboxylic acid groups (broad SMARTS) is 1. The Kier molecular flexibility index (Phi) is 6.26. The Hall–Kier alpha value is -2.82. The van der Waals surface area contributed by atoms with Crippen LogP contribution in [0.15, 0.2) is 42.5 Å². The average molecular weight is 396 g/mol. The highest BCUT2D eigenvalue weighted by molar-refractivity contribution is 5.99. The van der Waals surface area contributed by atoms with Crippen molar-refractivity contribution in [2.75, 3.05) is 13.7 Å². The zero-order valence-electron chi connectivity index (χ0n) is 17.2. The van der Waals surface area contributed by atoms with E-state index in [-0.39, 0.29) is 12.2 Å². The predicted octanol–water partition coefficient (Wildman–Crippen LogP) is 4.70. The lowest BCUT2D eigenvalue weighted by Gasteiger charge is -2.42. The summed E-state index contributed by atoms with van der Waals surface area (Å²) in [5, 5.41) is 9.58. The molecule has 0 atom stereocenters. The molecule has 1 N–H and O–H groups in total. The number of hydrogen-bond donors (Lipinski definition) is 1. The largest absolute Gasteiger partial charge is 0.493 e. The molecule has 29 heavy (non-hydrogen) atoms. The van der Waals surface area contributed by atoms with E-state index in [1.54, 1.807) is 25.3 Å². The van der Waals surface area contributed by atoms with Gasteiger partial charge >= 0.3 is 5.97 Å². The molecule has 0 aliphatic heterocycles. The first-order valence-electron chi connectivity index (χ1n) is 9.96. The Morgan fingerprint density at radius 1 is 1.14 bits per heavy atom. The molecule has 1 aliphatic rings. The number of ketones is 1. The fraction of sp³-hybridized carbons (Fsp3) is 0.417. The molecular weight excluding hydrogens is 368 g/mol. The highest BCUT2D eigenvalue weighted by Crippen LogP contribution is 2.49. The van der Waals surface area contributed by atoms with Crippen LogP contribution < -0.4 is 9.47 Å². The normalized spacial score (nSPS) is 20.6. The zero-order chi connectivity index (χ0) is 21.0. The van der Waals surface area contributed by atoms with Crippen LogP contribution in [0.25, 0.3) is 0 Å². The number of aliphatic carboxylic acids is 1. The number of carboxylic acids is 1. The fourth-order valence-corrected chi connectivity index (χ4v) is 4.19. The molecule has 2 aromatic carbocycles. The number of hydrogen-bond acceptors (Lipinski definition) is 4. The van der Waals surface area contributed by atoms with Crippen molar-refractivity contribution in [3.05, 3.63) is 59.2 Å².